The number of amides is 1. The van der Waals surface area contributed by atoms with Gasteiger partial charge in [-0.25, -0.2) is 14.4 Å². The lowest BCUT2D eigenvalue weighted by Crippen LogP contribution is -2.41. The molecule has 0 aromatic carbocycles. The Morgan fingerprint density at radius 1 is 1.46 bits per heavy atom. The first-order valence-corrected chi connectivity index (χ1v) is 9.41. The van der Waals surface area contributed by atoms with E-state index in [2.05, 4.69) is 20.6 Å². The van der Waals surface area contributed by atoms with Gasteiger partial charge in [0.05, 0.1) is 16.8 Å². The highest BCUT2D eigenvalue weighted by Gasteiger charge is 2.25. The number of pyridine rings is 1. The van der Waals surface area contributed by atoms with E-state index in [0.717, 1.165) is 30.3 Å². The number of nitrogens with zero attached hydrogens (tertiary/aromatic N) is 3. The lowest BCUT2D eigenvalue weighted by molar-refractivity contribution is 0.0930. The number of hydrogen-bond acceptors (Lipinski definition) is 6. The van der Waals surface area contributed by atoms with Gasteiger partial charge in [-0.3, -0.25) is 4.79 Å². The van der Waals surface area contributed by atoms with Gasteiger partial charge in [0.2, 0.25) is 0 Å². The molecule has 136 valence electrons. The van der Waals surface area contributed by atoms with Crippen molar-refractivity contribution < 1.29 is 9.18 Å². The minimum absolute atomic E-state index is 0.00310. The Morgan fingerprint density at radius 3 is 2.92 bits per heavy atom. The van der Waals surface area contributed by atoms with Crippen molar-refractivity contribution in [1.29, 1.82) is 5.26 Å². The summed E-state index contributed by atoms with van der Waals surface area (Å²) >= 11 is 7.24. The third-order valence-electron chi connectivity index (χ3n) is 4.25. The van der Waals surface area contributed by atoms with Gasteiger partial charge in [0.15, 0.2) is 11.6 Å². The van der Waals surface area contributed by atoms with Crippen molar-refractivity contribution >= 4 is 34.7 Å². The predicted molar refractivity (Wildman–Crippen MR) is 97.9 cm³/mol. The van der Waals surface area contributed by atoms with Gasteiger partial charge in [0.1, 0.15) is 16.1 Å². The molecule has 0 bridgehead atoms. The van der Waals surface area contributed by atoms with E-state index in [4.69, 9.17) is 16.9 Å². The maximum absolute atomic E-state index is 14.1. The average molecular weight is 394 g/mol. The molecule has 0 radical (unpaired) electrons. The number of aromatic nitrogens is 2. The number of rotatable bonds is 4. The number of anilines is 1. The molecule has 1 saturated carbocycles. The maximum atomic E-state index is 14.1. The maximum Gasteiger partial charge on any atom is 0.263 e. The molecule has 0 saturated heterocycles. The molecule has 1 fully saturated rings. The highest BCUT2D eigenvalue weighted by molar-refractivity contribution is 7.13. The van der Waals surface area contributed by atoms with E-state index in [1.54, 1.807) is 12.3 Å². The molecule has 2 aromatic heterocycles. The summed E-state index contributed by atoms with van der Waals surface area (Å²) in [7, 11) is 0. The van der Waals surface area contributed by atoms with Crippen LogP contribution in [-0.4, -0.2) is 28.0 Å². The van der Waals surface area contributed by atoms with Crippen molar-refractivity contribution in [3.8, 4) is 6.07 Å². The summed E-state index contributed by atoms with van der Waals surface area (Å²) in [6.45, 7) is 1.85. The van der Waals surface area contributed by atoms with Crippen LogP contribution in [0.25, 0.3) is 0 Å². The normalized spacial score (nSPS) is 19.6. The molecule has 0 aliphatic heterocycles. The minimum Gasteiger partial charge on any atom is -0.365 e. The van der Waals surface area contributed by atoms with Gasteiger partial charge in [-0.15, -0.1) is 11.3 Å². The SMILES string of the molecule is Cc1ncc(C(=O)N[C@H]2CCC[C@@H](Nc3nc(Cl)c(C#N)cc3F)C2)s1. The second kappa shape index (κ2) is 7.98. The molecule has 1 aliphatic rings. The minimum atomic E-state index is -0.614. The quantitative estimate of drug-likeness (QED) is 0.773. The molecule has 2 aromatic rings. The Labute approximate surface area is 159 Å². The van der Waals surface area contributed by atoms with E-state index >= 15 is 0 Å². The monoisotopic (exact) mass is 393 g/mol. The van der Waals surface area contributed by atoms with E-state index in [9.17, 15) is 9.18 Å². The van der Waals surface area contributed by atoms with Crippen molar-refractivity contribution in [3.05, 3.63) is 38.7 Å². The molecule has 0 spiro atoms. The molecule has 2 N–H and O–H groups in total. The summed E-state index contributed by atoms with van der Waals surface area (Å²) < 4.78 is 14.1. The first-order chi connectivity index (χ1) is 12.5. The number of hydrogen-bond donors (Lipinski definition) is 2. The van der Waals surface area contributed by atoms with Gasteiger partial charge in [-0.1, -0.05) is 11.6 Å². The molecule has 1 aliphatic carbocycles. The number of nitriles is 1. The van der Waals surface area contributed by atoms with Crippen LogP contribution in [0.5, 0.6) is 0 Å². The topological polar surface area (TPSA) is 90.7 Å². The smallest absolute Gasteiger partial charge is 0.263 e. The van der Waals surface area contributed by atoms with Crippen molar-refractivity contribution in [2.75, 3.05) is 5.32 Å². The fraction of sp³-hybridized carbons (Fsp3) is 0.412. The Hall–Kier alpha value is -2.24. The Morgan fingerprint density at radius 2 is 2.23 bits per heavy atom. The molecule has 1 amide bonds. The predicted octanol–water partition coefficient (Wildman–Crippen LogP) is 3.66. The van der Waals surface area contributed by atoms with Crippen molar-refractivity contribution in [1.82, 2.24) is 15.3 Å². The summed E-state index contributed by atoms with van der Waals surface area (Å²) in [5.74, 6) is -0.715. The van der Waals surface area contributed by atoms with Crippen LogP contribution in [0, 0.1) is 24.1 Å². The highest BCUT2D eigenvalue weighted by atomic mass is 35.5. The molecule has 2 heterocycles. The van der Waals surface area contributed by atoms with Gasteiger partial charge in [-0.05, 0) is 38.7 Å². The van der Waals surface area contributed by atoms with Gasteiger partial charge in [0.25, 0.3) is 5.91 Å². The van der Waals surface area contributed by atoms with Crippen LogP contribution in [0.3, 0.4) is 0 Å². The fourth-order valence-corrected chi connectivity index (χ4v) is 3.88. The van der Waals surface area contributed by atoms with Gasteiger partial charge < -0.3 is 10.6 Å². The van der Waals surface area contributed by atoms with Gasteiger partial charge in [-0.2, -0.15) is 5.26 Å². The second-order valence-electron chi connectivity index (χ2n) is 6.19. The summed E-state index contributed by atoms with van der Waals surface area (Å²) in [6.07, 6.45) is 4.83. The first-order valence-electron chi connectivity index (χ1n) is 8.22. The molecular formula is C17H17ClFN5OS. The highest BCUT2D eigenvalue weighted by Crippen LogP contribution is 2.25. The van der Waals surface area contributed by atoms with Crippen LogP contribution in [0.15, 0.2) is 12.3 Å². The standard InChI is InChI=1S/C17H17ClFN5OS/c1-9-21-8-14(26-9)17(25)23-12-4-2-3-11(6-12)22-16-13(19)5-10(7-20)15(18)24-16/h5,8,11-12H,2-4,6H2,1H3,(H,22,24)(H,23,25)/t11-,12+/m1/s1. The van der Waals surface area contributed by atoms with E-state index < -0.39 is 5.82 Å². The van der Waals surface area contributed by atoms with Crippen LogP contribution < -0.4 is 10.6 Å². The number of halogens is 2. The fourth-order valence-electron chi connectivity index (χ4n) is 3.01. The summed E-state index contributed by atoms with van der Waals surface area (Å²) in [6, 6.07) is 2.83. The Kier molecular flexibility index (Phi) is 5.69. The number of carbonyl (C=O) groups is 1. The van der Waals surface area contributed by atoms with Gasteiger partial charge >= 0.3 is 0 Å². The second-order valence-corrected chi connectivity index (χ2v) is 7.78. The number of thiazole rings is 1. The zero-order valence-electron chi connectivity index (χ0n) is 14.1. The summed E-state index contributed by atoms with van der Waals surface area (Å²) in [5.41, 5.74) is 0.00310. The molecule has 26 heavy (non-hydrogen) atoms. The molecule has 2 atom stereocenters. The summed E-state index contributed by atoms with van der Waals surface area (Å²) in [4.78, 5) is 20.9. The lowest BCUT2D eigenvalue weighted by atomic mass is 9.91. The average Bonchev–Trinajstić information content (AvgIpc) is 3.05. The largest absolute Gasteiger partial charge is 0.365 e. The zero-order valence-corrected chi connectivity index (χ0v) is 15.6. The van der Waals surface area contributed by atoms with Crippen molar-refractivity contribution in [2.24, 2.45) is 0 Å². The van der Waals surface area contributed by atoms with Crippen molar-refractivity contribution in [3.63, 3.8) is 0 Å². The Bertz CT molecular complexity index is 865. The van der Waals surface area contributed by atoms with E-state index in [-0.39, 0.29) is 34.5 Å². The first kappa shape index (κ1) is 18.5. The number of carbonyl (C=O) groups excluding carboxylic acids is 1. The van der Waals surface area contributed by atoms with E-state index in [0.29, 0.717) is 11.3 Å². The Balaban J connectivity index is 1.63. The molecule has 3 rings (SSSR count). The van der Waals surface area contributed by atoms with Crippen LogP contribution in [-0.2, 0) is 0 Å². The van der Waals surface area contributed by atoms with E-state index in [1.807, 2.05) is 6.92 Å². The lowest BCUT2D eigenvalue weighted by Gasteiger charge is -2.30. The molecular weight excluding hydrogens is 377 g/mol. The molecule has 6 nitrogen and oxygen atoms in total. The van der Waals surface area contributed by atoms with Gasteiger partial charge in [0, 0.05) is 12.1 Å². The van der Waals surface area contributed by atoms with E-state index in [1.165, 1.54) is 11.3 Å². The van der Waals surface area contributed by atoms with Crippen LogP contribution in [0.4, 0.5) is 10.2 Å². The third-order valence-corrected chi connectivity index (χ3v) is 5.44. The van der Waals surface area contributed by atoms with Crippen molar-refractivity contribution in [2.45, 2.75) is 44.7 Å². The van der Waals surface area contributed by atoms with Crippen LogP contribution in [0.1, 0.15) is 45.9 Å². The van der Waals surface area contributed by atoms with Crippen LogP contribution >= 0.6 is 22.9 Å². The zero-order chi connectivity index (χ0) is 18.7. The number of nitrogens with one attached hydrogen (secondary N) is 2. The molecule has 0 unspecified atom stereocenters. The molecule has 9 heteroatoms. The van der Waals surface area contributed by atoms with Crippen LogP contribution in [0.2, 0.25) is 5.15 Å². The number of aryl methyl sites for hydroxylation is 1. The summed E-state index contributed by atoms with van der Waals surface area (Å²) in [5, 5.41) is 15.7. The third kappa shape index (κ3) is 4.29.